The van der Waals surface area contributed by atoms with Crippen LogP contribution >= 0.6 is 0 Å². The van der Waals surface area contributed by atoms with Crippen LogP contribution in [-0.4, -0.2) is 58.3 Å². The first-order chi connectivity index (χ1) is 14.5. The van der Waals surface area contributed by atoms with Gasteiger partial charge in [0.2, 0.25) is 11.8 Å². The Morgan fingerprint density at radius 1 is 1.03 bits per heavy atom. The van der Waals surface area contributed by atoms with Crippen LogP contribution in [0.2, 0.25) is 0 Å². The molecule has 4 atom stereocenters. The SMILES string of the molecule is CC(C)[C@H](NC(=O)N1c2ccccc2NC(=O)[C@@H]1C(C)C)C(=O)N[C@@H](C(=O)O)[C@H](C)O. The van der Waals surface area contributed by atoms with E-state index < -0.39 is 48.1 Å². The van der Waals surface area contributed by atoms with E-state index in [1.807, 2.05) is 13.8 Å². The maximum atomic E-state index is 13.3. The van der Waals surface area contributed by atoms with Crippen molar-refractivity contribution in [2.45, 2.75) is 58.8 Å². The number of carboxylic acid groups (broad SMARTS) is 1. The van der Waals surface area contributed by atoms with Gasteiger partial charge in [0.1, 0.15) is 12.1 Å². The third-order valence-corrected chi connectivity index (χ3v) is 5.09. The summed E-state index contributed by atoms with van der Waals surface area (Å²) < 4.78 is 0. The first kappa shape index (κ1) is 24.1. The number of nitrogens with zero attached hydrogens (tertiary/aromatic N) is 1. The molecule has 10 nitrogen and oxygen atoms in total. The zero-order chi connectivity index (χ0) is 23.5. The van der Waals surface area contributed by atoms with Crippen molar-refractivity contribution in [2.75, 3.05) is 10.2 Å². The molecule has 0 unspecified atom stereocenters. The number of hydrogen-bond acceptors (Lipinski definition) is 5. The van der Waals surface area contributed by atoms with Crippen molar-refractivity contribution in [3.63, 3.8) is 0 Å². The number of carbonyl (C=O) groups is 4. The fourth-order valence-corrected chi connectivity index (χ4v) is 3.47. The molecule has 0 saturated carbocycles. The molecule has 1 aliphatic heterocycles. The van der Waals surface area contributed by atoms with Crippen molar-refractivity contribution in [2.24, 2.45) is 11.8 Å². The van der Waals surface area contributed by atoms with Gasteiger partial charge in [-0.25, -0.2) is 9.59 Å². The van der Waals surface area contributed by atoms with Crippen molar-refractivity contribution >= 4 is 35.2 Å². The van der Waals surface area contributed by atoms with Crippen LogP contribution in [0.3, 0.4) is 0 Å². The van der Waals surface area contributed by atoms with Gasteiger partial charge in [-0.05, 0) is 30.9 Å². The summed E-state index contributed by atoms with van der Waals surface area (Å²) in [6.07, 6.45) is -1.33. The molecule has 1 aliphatic rings. The van der Waals surface area contributed by atoms with Gasteiger partial charge in [0.15, 0.2) is 6.04 Å². The highest BCUT2D eigenvalue weighted by atomic mass is 16.4. The molecule has 4 amide bonds. The minimum absolute atomic E-state index is 0.211. The standard InChI is InChI=1S/C21H30N4O6/c1-10(2)15(18(27)23-16(12(5)26)20(29)30)24-21(31)25-14-9-7-6-8-13(14)22-19(28)17(25)11(3)4/h6-12,15-17,26H,1-5H3,(H,22,28)(H,23,27)(H,24,31)(H,29,30)/t12-,15-,16+,17-/m0/s1. The minimum atomic E-state index is -1.52. The second-order valence-electron chi connectivity index (χ2n) is 8.30. The van der Waals surface area contributed by atoms with Crippen LogP contribution in [0.1, 0.15) is 34.6 Å². The minimum Gasteiger partial charge on any atom is -0.480 e. The summed E-state index contributed by atoms with van der Waals surface area (Å²) in [5.74, 6) is -3.07. The van der Waals surface area contributed by atoms with E-state index >= 15 is 0 Å². The zero-order valence-electron chi connectivity index (χ0n) is 18.2. The number of aliphatic hydroxyl groups is 1. The van der Waals surface area contributed by atoms with E-state index in [9.17, 15) is 29.4 Å². The zero-order valence-corrected chi connectivity index (χ0v) is 18.2. The number of benzene rings is 1. The van der Waals surface area contributed by atoms with Crippen LogP contribution < -0.4 is 20.9 Å². The summed E-state index contributed by atoms with van der Waals surface area (Å²) in [6, 6.07) is 2.79. The van der Waals surface area contributed by atoms with Gasteiger partial charge in [0.05, 0.1) is 17.5 Å². The second-order valence-corrected chi connectivity index (χ2v) is 8.30. The number of fused-ring (bicyclic) bond motifs is 1. The number of nitrogens with one attached hydrogen (secondary N) is 3. The molecule has 1 aromatic carbocycles. The van der Waals surface area contributed by atoms with Crippen molar-refractivity contribution in [1.29, 1.82) is 0 Å². The monoisotopic (exact) mass is 434 g/mol. The van der Waals surface area contributed by atoms with Crippen molar-refractivity contribution in [1.82, 2.24) is 10.6 Å². The molecule has 0 radical (unpaired) electrons. The number of aliphatic hydroxyl groups excluding tert-OH is 1. The van der Waals surface area contributed by atoms with Gasteiger partial charge < -0.3 is 26.2 Å². The van der Waals surface area contributed by atoms with Crippen LogP contribution in [0.4, 0.5) is 16.2 Å². The number of rotatable bonds is 7. The Morgan fingerprint density at radius 3 is 2.16 bits per heavy atom. The molecule has 0 fully saturated rings. The smallest absolute Gasteiger partial charge is 0.328 e. The van der Waals surface area contributed by atoms with Crippen LogP contribution in [-0.2, 0) is 14.4 Å². The molecular weight excluding hydrogens is 404 g/mol. The van der Waals surface area contributed by atoms with E-state index in [-0.39, 0.29) is 11.8 Å². The number of amides is 4. The van der Waals surface area contributed by atoms with Gasteiger partial charge in [-0.2, -0.15) is 0 Å². The van der Waals surface area contributed by atoms with E-state index in [1.165, 1.54) is 11.8 Å². The van der Waals surface area contributed by atoms with Gasteiger partial charge >= 0.3 is 12.0 Å². The highest BCUT2D eigenvalue weighted by Gasteiger charge is 2.40. The summed E-state index contributed by atoms with van der Waals surface area (Å²) in [5, 5.41) is 26.5. The Balaban J connectivity index is 2.33. The molecule has 2 rings (SSSR count). The Bertz CT molecular complexity index is 854. The molecule has 5 N–H and O–H groups in total. The molecular formula is C21H30N4O6. The number of aliphatic carboxylic acids is 1. The molecule has 31 heavy (non-hydrogen) atoms. The number of carboxylic acids is 1. The average Bonchev–Trinajstić information content (AvgIpc) is 2.67. The fourth-order valence-electron chi connectivity index (χ4n) is 3.47. The number of carbonyl (C=O) groups excluding carboxylic acids is 3. The first-order valence-electron chi connectivity index (χ1n) is 10.2. The van der Waals surface area contributed by atoms with E-state index in [1.54, 1.807) is 38.1 Å². The summed E-state index contributed by atoms with van der Waals surface area (Å²) in [7, 11) is 0. The van der Waals surface area contributed by atoms with Gasteiger partial charge in [0.25, 0.3) is 0 Å². The molecule has 0 spiro atoms. The second kappa shape index (κ2) is 9.78. The number of para-hydroxylation sites is 2. The highest BCUT2D eigenvalue weighted by molar-refractivity contribution is 6.12. The normalized spacial score (nSPS) is 18.6. The third kappa shape index (κ3) is 5.32. The molecule has 10 heteroatoms. The predicted octanol–water partition coefficient (Wildman–Crippen LogP) is 1.15. The van der Waals surface area contributed by atoms with Crippen LogP contribution in [0, 0.1) is 11.8 Å². The maximum absolute atomic E-state index is 13.3. The molecule has 0 aliphatic carbocycles. The van der Waals surface area contributed by atoms with Crippen molar-refractivity contribution < 1.29 is 29.4 Å². The molecule has 0 saturated heterocycles. The van der Waals surface area contributed by atoms with Crippen LogP contribution in [0.15, 0.2) is 24.3 Å². The molecule has 1 heterocycles. The number of urea groups is 1. The van der Waals surface area contributed by atoms with Crippen LogP contribution in [0.5, 0.6) is 0 Å². The number of hydrogen-bond donors (Lipinski definition) is 5. The Kier molecular flexibility index (Phi) is 7.61. The molecule has 0 bridgehead atoms. The fraction of sp³-hybridized carbons (Fsp3) is 0.524. The summed E-state index contributed by atoms with van der Waals surface area (Å²) >= 11 is 0. The topological polar surface area (TPSA) is 148 Å². The Morgan fingerprint density at radius 2 is 1.65 bits per heavy atom. The van der Waals surface area contributed by atoms with E-state index in [0.717, 1.165) is 0 Å². The van der Waals surface area contributed by atoms with Gasteiger partial charge in [-0.1, -0.05) is 39.8 Å². The Hall–Kier alpha value is -3.14. The Labute approximate surface area is 181 Å². The lowest BCUT2D eigenvalue weighted by atomic mass is 9.97. The first-order valence-corrected chi connectivity index (χ1v) is 10.2. The third-order valence-electron chi connectivity index (χ3n) is 5.09. The van der Waals surface area contributed by atoms with Gasteiger partial charge in [-0.3, -0.25) is 14.5 Å². The van der Waals surface area contributed by atoms with Gasteiger partial charge in [-0.15, -0.1) is 0 Å². The number of anilines is 2. The lowest BCUT2D eigenvalue weighted by Gasteiger charge is -2.39. The van der Waals surface area contributed by atoms with Crippen molar-refractivity contribution in [3.05, 3.63) is 24.3 Å². The summed E-state index contributed by atoms with van der Waals surface area (Å²) in [5.41, 5.74) is 0.971. The summed E-state index contributed by atoms with van der Waals surface area (Å²) in [4.78, 5) is 51.3. The van der Waals surface area contributed by atoms with Crippen molar-refractivity contribution in [3.8, 4) is 0 Å². The van der Waals surface area contributed by atoms with E-state index in [0.29, 0.717) is 11.4 Å². The van der Waals surface area contributed by atoms with E-state index in [4.69, 9.17) is 0 Å². The quantitative estimate of drug-likeness (QED) is 0.435. The summed E-state index contributed by atoms with van der Waals surface area (Å²) in [6.45, 7) is 8.26. The van der Waals surface area contributed by atoms with Crippen LogP contribution in [0.25, 0.3) is 0 Å². The lowest BCUT2D eigenvalue weighted by molar-refractivity contribution is -0.145. The highest BCUT2D eigenvalue weighted by Crippen LogP contribution is 2.34. The van der Waals surface area contributed by atoms with Gasteiger partial charge in [0, 0.05) is 0 Å². The molecule has 0 aromatic heterocycles. The predicted molar refractivity (Wildman–Crippen MR) is 115 cm³/mol. The average molecular weight is 434 g/mol. The van der Waals surface area contributed by atoms with E-state index in [2.05, 4.69) is 16.0 Å². The largest absolute Gasteiger partial charge is 0.480 e. The molecule has 170 valence electrons. The molecule has 1 aromatic rings. The lowest BCUT2D eigenvalue weighted by Crippen LogP contribution is -2.61. The maximum Gasteiger partial charge on any atom is 0.328 e.